The van der Waals surface area contributed by atoms with Gasteiger partial charge >= 0.3 is 5.97 Å². The molecule has 2 atom stereocenters. The average molecular weight is 487 g/mol. The molecule has 0 aromatic heterocycles. The number of Topliss-reactive ketones (excluding diaryl/α,β-unsaturated/α-hetero) is 2. The van der Waals surface area contributed by atoms with Gasteiger partial charge in [-0.2, -0.15) is 0 Å². The van der Waals surface area contributed by atoms with E-state index in [9.17, 15) is 14.4 Å². The Kier molecular flexibility index (Phi) is 7.53. The Morgan fingerprint density at radius 2 is 1.50 bits per heavy atom. The molecule has 0 aliphatic heterocycles. The number of ketones is 2. The minimum Gasteiger partial charge on any atom is -0.489 e. The number of fused-ring (bicyclic) bond motifs is 1. The fourth-order valence-corrected chi connectivity index (χ4v) is 4.67. The van der Waals surface area contributed by atoms with Gasteiger partial charge in [-0.15, -0.1) is 0 Å². The van der Waals surface area contributed by atoms with E-state index in [1.807, 2.05) is 66.7 Å². The summed E-state index contributed by atoms with van der Waals surface area (Å²) >= 11 is 0. The lowest BCUT2D eigenvalue weighted by molar-refractivity contribution is -0.176. The normalized spacial score (nSPS) is 18.8. The highest BCUT2D eigenvalue weighted by Gasteiger charge is 2.56. The summed E-state index contributed by atoms with van der Waals surface area (Å²) in [6, 6.07) is 22.8. The molecule has 2 unspecified atom stereocenters. The molecule has 0 saturated carbocycles. The van der Waals surface area contributed by atoms with Crippen LogP contribution in [0.15, 0.2) is 72.8 Å². The molecular formula is C30H30O6. The molecule has 0 amide bonds. The van der Waals surface area contributed by atoms with E-state index in [-0.39, 0.29) is 13.0 Å². The van der Waals surface area contributed by atoms with Gasteiger partial charge < -0.3 is 14.2 Å². The maximum absolute atomic E-state index is 13.6. The quantitative estimate of drug-likeness (QED) is 0.300. The summed E-state index contributed by atoms with van der Waals surface area (Å²) in [5, 5.41) is 0. The van der Waals surface area contributed by atoms with E-state index < -0.39 is 29.1 Å². The average Bonchev–Trinajstić information content (AvgIpc) is 2.89. The predicted molar refractivity (Wildman–Crippen MR) is 135 cm³/mol. The zero-order valence-corrected chi connectivity index (χ0v) is 20.8. The van der Waals surface area contributed by atoms with E-state index in [1.54, 1.807) is 19.9 Å². The summed E-state index contributed by atoms with van der Waals surface area (Å²) < 4.78 is 18.0. The van der Waals surface area contributed by atoms with Crippen molar-refractivity contribution in [2.24, 2.45) is 5.92 Å². The number of hydrogen-bond acceptors (Lipinski definition) is 6. The van der Waals surface area contributed by atoms with Gasteiger partial charge in [0.05, 0.1) is 5.56 Å². The molecule has 1 aliphatic rings. The third kappa shape index (κ3) is 5.03. The van der Waals surface area contributed by atoms with Gasteiger partial charge in [-0.3, -0.25) is 14.4 Å². The zero-order valence-electron chi connectivity index (χ0n) is 20.8. The molecule has 186 valence electrons. The molecule has 0 saturated heterocycles. The minimum absolute atomic E-state index is 0.0234. The molecule has 6 nitrogen and oxygen atoms in total. The van der Waals surface area contributed by atoms with Gasteiger partial charge in [0.2, 0.25) is 0 Å². The standard InChI is InChI=1S/C30H30O6/c1-4-27(32)30(36-21(3)31)28-24(15-20(2)29(30)33)16-25(34-18-22-11-7-5-8-12-22)17-26(28)35-19-23-13-9-6-10-14-23/h5-14,16-17,20H,4,15,18-19H2,1-3H3. The van der Waals surface area contributed by atoms with Gasteiger partial charge in [-0.25, -0.2) is 0 Å². The van der Waals surface area contributed by atoms with Gasteiger partial charge in [0.25, 0.3) is 5.60 Å². The van der Waals surface area contributed by atoms with Crippen LogP contribution in [0.3, 0.4) is 0 Å². The highest BCUT2D eigenvalue weighted by molar-refractivity contribution is 6.14. The lowest BCUT2D eigenvalue weighted by Crippen LogP contribution is -2.53. The van der Waals surface area contributed by atoms with Crippen molar-refractivity contribution in [3.8, 4) is 11.5 Å². The molecular weight excluding hydrogens is 456 g/mol. The summed E-state index contributed by atoms with van der Waals surface area (Å²) in [5.74, 6) is -1.30. The van der Waals surface area contributed by atoms with Crippen LogP contribution in [0.2, 0.25) is 0 Å². The Bertz CT molecular complexity index is 1250. The van der Waals surface area contributed by atoms with Crippen LogP contribution in [0, 0.1) is 5.92 Å². The Morgan fingerprint density at radius 1 is 0.917 bits per heavy atom. The molecule has 1 aliphatic carbocycles. The van der Waals surface area contributed by atoms with Crippen LogP contribution in [0.25, 0.3) is 0 Å². The largest absolute Gasteiger partial charge is 0.489 e. The molecule has 6 heteroatoms. The van der Waals surface area contributed by atoms with E-state index in [0.29, 0.717) is 35.7 Å². The summed E-state index contributed by atoms with van der Waals surface area (Å²) in [4.78, 5) is 39.2. The highest BCUT2D eigenvalue weighted by atomic mass is 16.6. The van der Waals surface area contributed by atoms with Crippen molar-refractivity contribution in [3.63, 3.8) is 0 Å². The summed E-state index contributed by atoms with van der Waals surface area (Å²) in [6.07, 6.45) is 0.397. The molecule has 3 aromatic carbocycles. The Labute approximate surface area is 211 Å². The molecule has 0 spiro atoms. The fraction of sp³-hybridized carbons (Fsp3) is 0.300. The first kappa shape index (κ1) is 25.2. The maximum atomic E-state index is 13.6. The second-order valence-corrected chi connectivity index (χ2v) is 9.03. The van der Waals surface area contributed by atoms with Crippen LogP contribution < -0.4 is 9.47 Å². The lowest BCUT2D eigenvalue weighted by atomic mass is 9.70. The first-order valence-corrected chi connectivity index (χ1v) is 12.1. The number of ether oxygens (including phenoxy) is 3. The van der Waals surface area contributed by atoms with E-state index in [1.165, 1.54) is 6.92 Å². The van der Waals surface area contributed by atoms with Crippen LogP contribution >= 0.6 is 0 Å². The molecule has 36 heavy (non-hydrogen) atoms. The number of carbonyl (C=O) groups is 3. The van der Waals surface area contributed by atoms with Crippen LogP contribution in [-0.2, 0) is 44.4 Å². The monoisotopic (exact) mass is 486 g/mol. The highest BCUT2D eigenvalue weighted by Crippen LogP contribution is 2.47. The molecule has 0 bridgehead atoms. The SMILES string of the molecule is CCC(=O)C1(OC(C)=O)C(=O)C(C)Cc2cc(OCc3ccccc3)cc(OCc3ccccc3)c21. The number of rotatable bonds is 9. The smallest absolute Gasteiger partial charge is 0.304 e. The number of esters is 1. The molecule has 0 heterocycles. The summed E-state index contributed by atoms with van der Waals surface area (Å²) in [5.41, 5.74) is 0.866. The fourth-order valence-electron chi connectivity index (χ4n) is 4.67. The van der Waals surface area contributed by atoms with Crippen LogP contribution in [0.1, 0.15) is 49.4 Å². The number of benzene rings is 3. The van der Waals surface area contributed by atoms with E-state index in [2.05, 4.69) is 0 Å². The first-order valence-electron chi connectivity index (χ1n) is 12.1. The Hall–Kier alpha value is -3.93. The van der Waals surface area contributed by atoms with Crippen LogP contribution in [0.5, 0.6) is 11.5 Å². The third-order valence-electron chi connectivity index (χ3n) is 6.33. The van der Waals surface area contributed by atoms with Crippen molar-refractivity contribution in [2.45, 2.75) is 52.4 Å². The second-order valence-electron chi connectivity index (χ2n) is 9.03. The lowest BCUT2D eigenvalue weighted by Gasteiger charge is -2.39. The van der Waals surface area contributed by atoms with Crippen LogP contribution in [0.4, 0.5) is 0 Å². The number of hydrogen-bond donors (Lipinski definition) is 0. The van der Waals surface area contributed by atoms with Gasteiger partial charge in [-0.05, 0) is 29.2 Å². The first-order chi connectivity index (χ1) is 17.3. The summed E-state index contributed by atoms with van der Waals surface area (Å²) in [7, 11) is 0. The van der Waals surface area contributed by atoms with Crippen molar-refractivity contribution < 1.29 is 28.6 Å². The van der Waals surface area contributed by atoms with Gasteiger partial charge in [-0.1, -0.05) is 74.5 Å². The molecule has 3 aromatic rings. The molecule has 0 N–H and O–H groups in total. The van der Waals surface area contributed by atoms with Crippen molar-refractivity contribution >= 4 is 17.5 Å². The molecule has 0 fully saturated rings. The second kappa shape index (κ2) is 10.8. The van der Waals surface area contributed by atoms with Crippen molar-refractivity contribution in [3.05, 3.63) is 95.1 Å². The van der Waals surface area contributed by atoms with Gasteiger partial charge in [0, 0.05) is 25.3 Å². The maximum Gasteiger partial charge on any atom is 0.304 e. The number of carbonyl (C=O) groups excluding carboxylic acids is 3. The zero-order chi connectivity index (χ0) is 25.7. The van der Waals surface area contributed by atoms with E-state index in [0.717, 1.165) is 11.1 Å². The minimum atomic E-state index is -2.04. The predicted octanol–water partition coefficient (Wildman–Crippen LogP) is 5.34. The van der Waals surface area contributed by atoms with Gasteiger partial charge in [0.15, 0.2) is 11.6 Å². The van der Waals surface area contributed by atoms with E-state index >= 15 is 0 Å². The molecule has 4 rings (SSSR count). The molecule has 0 radical (unpaired) electrons. The Morgan fingerprint density at radius 3 is 2.06 bits per heavy atom. The Balaban J connectivity index is 1.83. The topological polar surface area (TPSA) is 78.9 Å². The van der Waals surface area contributed by atoms with Gasteiger partial charge in [0.1, 0.15) is 24.7 Å². The van der Waals surface area contributed by atoms with Crippen molar-refractivity contribution in [2.75, 3.05) is 0 Å². The summed E-state index contributed by atoms with van der Waals surface area (Å²) in [6.45, 7) is 5.15. The van der Waals surface area contributed by atoms with Crippen LogP contribution in [-0.4, -0.2) is 17.5 Å². The van der Waals surface area contributed by atoms with E-state index in [4.69, 9.17) is 14.2 Å². The van der Waals surface area contributed by atoms with Crippen molar-refractivity contribution in [1.29, 1.82) is 0 Å². The van der Waals surface area contributed by atoms with Crippen molar-refractivity contribution in [1.82, 2.24) is 0 Å². The third-order valence-corrected chi connectivity index (χ3v) is 6.33.